The maximum atomic E-state index is 11.7. The van der Waals surface area contributed by atoms with Crippen LogP contribution in [0.5, 0.6) is 0 Å². The van der Waals surface area contributed by atoms with Gasteiger partial charge in [-0.05, 0) is 18.2 Å². The molecule has 1 heterocycles. The normalized spacial score (nSPS) is 24.1. The summed E-state index contributed by atoms with van der Waals surface area (Å²) in [6, 6.07) is 6.25. The number of nitrogens with zero attached hydrogens (tertiary/aromatic N) is 1. The molecule has 0 N–H and O–H groups in total. The lowest BCUT2D eigenvalue weighted by Gasteiger charge is -2.42. The molecule has 0 unspecified atom stereocenters. The Morgan fingerprint density at radius 2 is 2.25 bits per heavy atom. The number of ether oxygens (including phenoxy) is 1. The lowest BCUT2D eigenvalue weighted by atomic mass is 9.98. The summed E-state index contributed by atoms with van der Waals surface area (Å²) < 4.78 is 4.93. The van der Waals surface area contributed by atoms with E-state index in [1.165, 1.54) is 12.0 Å². The molecule has 0 aromatic heterocycles. The lowest BCUT2D eigenvalue weighted by molar-refractivity contribution is -0.142. The van der Waals surface area contributed by atoms with Crippen LogP contribution >= 0.6 is 11.6 Å². The fourth-order valence-electron chi connectivity index (χ4n) is 1.78. The zero-order valence-corrected chi connectivity index (χ0v) is 9.35. The van der Waals surface area contributed by atoms with Crippen LogP contribution < -0.4 is 4.90 Å². The first-order chi connectivity index (χ1) is 7.69. The van der Waals surface area contributed by atoms with E-state index in [0.717, 1.165) is 0 Å². The summed E-state index contributed by atoms with van der Waals surface area (Å²) in [5.41, 5.74) is 0.614. The van der Waals surface area contributed by atoms with E-state index in [4.69, 9.17) is 16.3 Å². The van der Waals surface area contributed by atoms with Gasteiger partial charge in [0.1, 0.15) is 12.3 Å². The monoisotopic (exact) mass is 239 g/mol. The molecule has 2 rings (SSSR count). The molecule has 0 aliphatic carbocycles. The molecule has 0 saturated carbocycles. The third-order valence-corrected chi connectivity index (χ3v) is 2.80. The molecule has 4 nitrogen and oxygen atoms in total. The van der Waals surface area contributed by atoms with Crippen molar-refractivity contribution >= 4 is 29.5 Å². The zero-order chi connectivity index (χ0) is 11.7. The van der Waals surface area contributed by atoms with Crippen LogP contribution in [0.15, 0.2) is 24.3 Å². The molecule has 1 aliphatic heterocycles. The van der Waals surface area contributed by atoms with Crippen molar-refractivity contribution in [2.45, 2.75) is 12.1 Å². The van der Waals surface area contributed by atoms with E-state index in [2.05, 4.69) is 0 Å². The molecule has 0 spiro atoms. The van der Waals surface area contributed by atoms with E-state index in [9.17, 15) is 9.59 Å². The lowest BCUT2D eigenvalue weighted by Crippen LogP contribution is -2.66. The number of aldehydes is 1. The Morgan fingerprint density at radius 3 is 2.81 bits per heavy atom. The quantitative estimate of drug-likeness (QED) is 0.590. The highest BCUT2D eigenvalue weighted by molar-refractivity contribution is 6.31. The number of benzene rings is 1. The van der Waals surface area contributed by atoms with E-state index in [1.807, 2.05) is 0 Å². The molecule has 1 fully saturated rings. The number of halogens is 1. The molecule has 0 radical (unpaired) electrons. The number of carbonyl (C=O) groups excluding carboxylic acids is 2. The van der Waals surface area contributed by atoms with Gasteiger partial charge in [0, 0.05) is 17.8 Å². The predicted octanol–water partition coefficient (Wildman–Crippen LogP) is 1.27. The summed E-state index contributed by atoms with van der Waals surface area (Å²) in [5, 5.41) is 0.524. The SMILES string of the molecule is CO[C@@H]1C(=O)N(c2cccc(Cl)c2)[C@H]1C=O. The van der Waals surface area contributed by atoms with E-state index in [-0.39, 0.29) is 5.91 Å². The average Bonchev–Trinajstić information content (AvgIpc) is 2.26. The summed E-state index contributed by atoms with van der Waals surface area (Å²) in [4.78, 5) is 23.9. The smallest absolute Gasteiger partial charge is 0.259 e. The number of β-lactam (4-membered cyclic amide) rings is 1. The molecule has 1 aromatic carbocycles. The van der Waals surface area contributed by atoms with Gasteiger partial charge in [-0.1, -0.05) is 17.7 Å². The highest BCUT2D eigenvalue weighted by atomic mass is 35.5. The zero-order valence-electron chi connectivity index (χ0n) is 8.59. The third kappa shape index (κ3) is 1.60. The summed E-state index contributed by atoms with van der Waals surface area (Å²) in [6.45, 7) is 0. The molecule has 1 saturated heterocycles. The van der Waals surface area contributed by atoms with Crippen LogP contribution in [-0.2, 0) is 14.3 Å². The van der Waals surface area contributed by atoms with Crippen molar-refractivity contribution in [2.75, 3.05) is 12.0 Å². The number of hydrogen-bond acceptors (Lipinski definition) is 3. The Kier molecular flexibility index (Phi) is 2.94. The first-order valence-corrected chi connectivity index (χ1v) is 5.13. The fraction of sp³-hybridized carbons (Fsp3) is 0.273. The first kappa shape index (κ1) is 11.1. The number of carbonyl (C=O) groups is 2. The van der Waals surface area contributed by atoms with Crippen LogP contribution in [0.25, 0.3) is 0 Å². The van der Waals surface area contributed by atoms with Crippen LogP contribution in [0.1, 0.15) is 0 Å². The van der Waals surface area contributed by atoms with Crippen LogP contribution in [-0.4, -0.2) is 31.4 Å². The number of anilines is 1. The van der Waals surface area contributed by atoms with Crippen molar-refractivity contribution in [3.05, 3.63) is 29.3 Å². The van der Waals surface area contributed by atoms with Gasteiger partial charge < -0.3 is 9.53 Å². The topological polar surface area (TPSA) is 46.6 Å². The Bertz CT molecular complexity index is 435. The van der Waals surface area contributed by atoms with Crippen LogP contribution in [0.4, 0.5) is 5.69 Å². The van der Waals surface area contributed by atoms with Gasteiger partial charge in [-0.15, -0.1) is 0 Å². The molecule has 84 valence electrons. The Morgan fingerprint density at radius 1 is 1.50 bits per heavy atom. The van der Waals surface area contributed by atoms with E-state index >= 15 is 0 Å². The maximum Gasteiger partial charge on any atom is 0.259 e. The molecule has 1 aromatic rings. The number of hydrogen-bond donors (Lipinski definition) is 0. The molecule has 16 heavy (non-hydrogen) atoms. The van der Waals surface area contributed by atoms with Gasteiger partial charge in [-0.2, -0.15) is 0 Å². The van der Waals surface area contributed by atoms with Gasteiger partial charge in [-0.3, -0.25) is 9.69 Å². The van der Waals surface area contributed by atoms with Gasteiger partial charge >= 0.3 is 0 Å². The maximum absolute atomic E-state index is 11.7. The van der Waals surface area contributed by atoms with Gasteiger partial charge in [0.05, 0.1) is 0 Å². The molecule has 1 aliphatic rings. The summed E-state index contributed by atoms with van der Waals surface area (Å²) in [5.74, 6) is -0.220. The summed E-state index contributed by atoms with van der Waals surface area (Å²) >= 11 is 5.82. The van der Waals surface area contributed by atoms with E-state index in [1.54, 1.807) is 24.3 Å². The molecule has 5 heteroatoms. The van der Waals surface area contributed by atoms with Crippen LogP contribution in [0.3, 0.4) is 0 Å². The minimum atomic E-state index is -0.670. The Hall–Kier alpha value is -1.39. The number of methoxy groups -OCH3 is 1. The Balaban J connectivity index is 2.29. The van der Waals surface area contributed by atoms with E-state index < -0.39 is 12.1 Å². The van der Waals surface area contributed by atoms with Crippen molar-refractivity contribution in [2.24, 2.45) is 0 Å². The molecular weight excluding hydrogens is 230 g/mol. The number of rotatable bonds is 3. The van der Waals surface area contributed by atoms with Gasteiger partial charge in [0.2, 0.25) is 0 Å². The summed E-state index contributed by atoms with van der Waals surface area (Å²) in [7, 11) is 1.41. The molecule has 2 atom stereocenters. The van der Waals surface area contributed by atoms with Crippen LogP contribution in [0, 0.1) is 0 Å². The minimum absolute atomic E-state index is 0.220. The van der Waals surface area contributed by atoms with Crippen LogP contribution in [0.2, 0.25) is 5.02 Å². The second-order valence-electron chi connectivity index (χ2n) is 3.47. The highest BCUT2D eigenvalue weighted by Crippen LogP contribution is 2.30. The van der Waals surface area contributed by atoms with Crippen molar-refractivity contribution in [1.82, 2.24) is 0 Å². The molecule has 0 bridgehead atoms. The van der Waals surface area contributed by atoms with Gasteiger partial charge in [0.25, 0.3) is 5.91 Å². The average molecular weight is 240 g/mol. The van der Waals surface area contributed by atoms with E-state index in [0.29, 0.717) is 17.0 Å². The van der Waals surface area contributed by atoms with Crippen molar-refractivity contribution < 1.29 is 14.3 Å². The summed E-state index contributed by atoms with van der Waals surface area (Å²) in [6.07, 6.45) is 0.0349. The van der Waals surface area contributed by atoms with Gasteiger partial charge in [-0.25, -0.2) is 0 Å². The van der Waals surface area contributed by atoms with Crippen molar-refractivity contribution in [3.63, 3.8) is 0 Å². The minimum Gasteiger partial charge on any atom is -0.369 e. The predicted molar refractivity (Wildman–Crippen MR) is 59.6 cm³/mol. The Labute approximate surface area is 97.7 Å². The highest BCUT2D eigenvalue weighted by Gasteiger charge is 2.48. The largest absolute Gasteiger partial charge is 0.369 e. The molecular formula is C11H10ClNO3. The first-order valence-electron chi connectivity index (χ1n) is 4.75. The third-order valence-electron chi connectivity index (χ3n) is 2.57. The number of amides is 1. The fourth-order valence-corrected chi connectivity index (χ4v) is 1.97. The standard InChI is InChI=1S/C11H10ClNO3/c1-16-10-9(6-14)13(11(10)15)8-4-2-3-7(12)5-8/h2-6,9-10H,1H3/t9-,10-/m0/s1. The van der Waals surface area contributed by atoms with Crippen molar-refractivity contribution in [3.8, 4) is 0 Å². The second kappa shape index (κ2) is 4.23. The van der Waals surface area contributed by atoms with Gasteiger partial charge in [0.15, 0.2) is 6.10 Å². The second-order valence-corrected chi connectivity index (χ2v) is 3.91. The van der Waals surface area contributed by atoms with Crippen molar-refractivity contribution in [1.29, 1.82) is 0 Å². The molecule has 1 amide bonds.